The van der Waals surface area contributed by atoms with Crippen molar-refractivity contribution in [2.24, 2.45) is 22.9 Å². The molecule has 4 aromatic carbocycles. The number of aliphatic hydroxyl groups is 2. The van der Waals surface area contributed by atoms with Crippen molar-refractivity contribution in [1.82, 2.24) is 4.90 Å². The number of aldehydes is 1. The first kappa shape index (κ1) is 54.9. The minimum atomic E-state index is -1.54. The molecule has 1 saturated carbocycles. The summed E-state index contributed by atoms with van der Waals surface area (Å²) >= 11 is 0. The predicted octanol–water partition coefficient (Wildman–Crippen LogP) is 13.8. The topological polar surface area (TPSA) is 136 Å². The van der Waals surface area contributed by atoms with Crippen molar-refractivity contribution >= 4 is 18.1 Å². The van der Waals surface area contributed by atoms with Crippen LogP contribution in [-0.2, 0) is 27.5 Å². The summed E-state index contributed by atoms with van der Waals surface area (Å²) in [5.74, 6) is -1.22. The number of carbonyl (C=O) groups is 2. The highest BCUT2D eigenvalue weighted by molar-refractivity contribution is 6.03. The van der Waals surface area contributed by atoms with Gasteiger partial charge in [0.25, 0.3) is 0 Å². The van der Waals surface area contributed by atoms with Crippen molar-refractivity contribution < 1.29 is 48.0 Å². The lowest BCUT2D eigenvalue weighted by molar-refractivity contribution is -0.256. The highest BCUT2D eigenvalue weighted by Crippen LogP contribution is 2.62. The number of oxime groups is 1. The minimum Gasteiger partial charge on any atom is -0.459 e. The van der Waals surface area contributed by atoms with Crippen LogP contribution in [0.5, 0.6) is 17.2 Å². The van der Waals surface area contributed by atoms with E-state index in [4.69, 9.17) is 28.9 Å². The van der Waals surface area contributed by atoms with E-state index in [9.17, 15) is 19.4 Å². The maximum absolute atomic E-state index is 15.1. The van der Waals surface area contributed by atoms with Gasteiger partial charge in [0.1, 0.15) is 42.0 Å². The van der Waals surface area contributed by atoms with Crippen LogP contribution in [0.25, 0.3) is 0 Å². The maximum Gasteiger partial charge on any atom is 0.410 e. The lowest BCUT2D eigenvalue weighted by Gasteiger charge is -2.59. The van der Waals surface area contributed by atoms with Gasteiger partial charge in [-0.25, -0.2) is 9.18 Å². The molecule has 7 rings (SSSR count). The lowest BCUT2D eigenvalue weighted by atomic mass is 9.55. The summed E-state index contributed by atoms with van der Waals surface area (Å²) in [6, 6.07) is 27.9. The molecule has 0 bridgehead atoms. The van der Waals surface area contributed by atoms with Crippen LogP contribution < -0.4 is 9.47 Å². The number of amides is 1. The molecule has 0 aromatic heterocycles. The molecular formula is C61H77FN2O9. The highest BCUT2D eigenvalue weighted by atomic mass is 19.1. The van der Waals surface area contributed by atoms with Crippen molar-refractivity contribution in [3.63, 3.8) is 0 Å². The number of hydrogen-bond acceptors (Lipinski definition) is 10. The van der Waals surface area contributed by atoms with E-state index in [0.29, 0.717) is 53.3 Å². The van der Waals surface area contributed by atoms with E-state index in [1.807, 2.05) is 54.6 Å². The molecule has 1 amide bonds. The second-order valence-electron chi connectivity index (χ2n) is 19.9. The molecule has 4 aromatic rings. The molecule has 1 aliphatic heterocycles. The van der Waals surface area contributed by atoms with E-state index in [-0.39, 0.29) is 69.6 Å². The van der Waals surface area contributed by atoms with Crippen molar-refractivity contribution in [1.29, 1.82) is 0 Å². The number of rotatable bonds is 31. The lowest BCUT2D eigenvalue weighted by Crippen LogP contribution is -2.70. The number of unbranched alkanes of at least 4 members (excludes halogenated alkanes) is 11. The minimum absolute atomic E-state index is 0.00982. The van der Waals surface area contributed by atoms with Crippen LogP contribution >= 0.6 is 0 Å². The molecule has 0 unspecified atom stereocenters. The monoisotopic (exact) mass is 1000 g/mol. The van der Waals surface area contributed by atoms with E-state index >= 15 is 4.79 Å². The molecular weight excluding hydrogens is 924 g/mol. The van der Waals surface area contributed by atoms with Gasteiger partial charge in [-0.2, -0.15) is 0 Å². The third-order valence-electron chi connectivity index (χ3n) is 14.7. The average molecular weight is 1000 g/mol. The number of ether oxygens (including phenoxy) is 4. The third-order valence-corrected chi connectivity index (χ3v) is 14.7. The van der Waals surface area contributed by atoms with Gasteiger partial charge in [0.2, 0.25) is 5.79 Å². The van der Waals surface area contributed by atoms with Crippen LogP contribution in [-0.4, -0.2) is 71.5 Å². The van der Waals surface area contributed by atoms with Gasteiger partial charge in [0.05, 0.1) is 24.8 Å². The van der Waals surface area contributed by atoms with E-state index in [0.717, 1.165) is 67.9 Å². The largest absolute Gasteiger partial charge is 0.459 e. The third kappa shape index (κ3) is 14.7. The van der Waals surface area contributed by atoms with Gasteiger partial charge in [-0.3, -0.25) is 9.69 Å². The molecule has 1 heterocycles. The molecule has 6 atom stereocenters. The van der Waals surface area contributed by atoms with Gasteiger partial charge >= 0.3 is 6.09 Å². The smallest absolute Gasteiger partial charge is 0.410 e. The summed E-state index contributed by atoms with van der Waals surface area (Å²) in [4.78, 5) is 34.8. The van der Waals surface area contributed by atoms with Gasteiger partial charge in [-0.15, -0.1) is 6.58 Å². The molecule has 73 heavy (non-hydrogen) atoms. The zero-order valence-electron chi connectivity index (χ0n) is 42.9. The Morgan fingerprint density at radius 3 is 2.25 bits per heavy atom. The summed E-state index contributed by atoms with van der Waals surface area (Å²) in [7, 11) is 0. The standard InChI is InChI=1S/C61H77FN2O9/c1-3-5-6-7-8-9-10-11-12-20-37-69-60(68)64(42-45-28-30-49(62)31-29-45)57-41-55(63-71-44-46-22-14-13-15-23-46)53-39-48(25-16-18-34-65)52(27-17-19-35-66)58-54-40-51(72-50-26-21-24-47(38-50)43-67)32-33-56(54)73-61(57,59(53)58)70-36-4-2/h4,13-15,21-24,26,28-33,38-40,43,48,52,57-59,65-66H,2-3,5-12,16-20,25,27,34-37,41-42,44H2,1H3/t48-,52+,57-,58+,59+,61+/m0/s1. The Hall–Kier alpha value is -5.82. The molecule has 2 N–H and O–H groups in total. The van der Waals surface area contributed by atoms with E-state index in [2.05, 4.69) is 19.6 Å². The predicted molar refractivity (Wildman–Crippen MR) is 283 cm³/mol. The van der Waals surface area contributed by atoms with Crippen LogP contribution in [0.1, 0.15) is 149 Å². The van der Waals surface area contributed by atoms with Gasteiger partial charge in [-0.1, -0.05) is 149 Å². The first-order valence-corrected chi connectivity index (χ1v) is 27.0. The maximum atomic E-state index is 15.1. The molecule has 11 nitrogen and oxygen atoms in total. The zero-order valence-corrected chi connectivity index (χ0v) is 42.9. The number of hydrogen-bond donors (Lipinski definition) is 2. The summed E-state index contributed by atoms with van der Waals surface area (Å²) < 4.78 is 41.9. The van der Waals surface area contributed by atoms with Gasteiger partial charge in [-0.05, 0) is 103 Å². The molecule has 0 saturated heterocycles. The number of halogens is 1. The highest BCUT2D eigenvalue weighted by Gasteiger charge is 2.65. The van der Waals surface area contributed by atoms with Crippen LogP contribution in [0.2, 0.25) is 0 Å². The first-order valence-electron chi connectivity index (χ1n) is 27.0. The molecule has 2 aliphatic carbocycles. The number of nitrogens with zero attached hydrogens (tertiary/aromatic N) is 2. The van der Waals surface area contributed by atoms with Gasteiger partial charge in [0.15, 0.2) is 0 Å². The van der Waals surface area contributed by atoms with Crippen molar-refractivity contribution in [3.05, 3.63) is 149 Å². The Kier molecular flexibility index (Phi) is 21.5. The summed E-state index contributed by atoms with van der Waals surface area (Å²) in [5.41, 5.74) is 4.55. The fraction of sp³-hybridized carbons (Fsp3) is 0.492. The summed E-state index contributed by atoms with van der Waals surface area (Å²) in [6.45, 7) is 7.02. The summed E-state index contributed by atoms with van der Waals surface area (Å²) in [6.07, 6.45) is 20.1. The van der Waals surface area contributed by atoms with E-state index in [1.54, 1.807) is 41.3 Å². The SMILES string of the molecule is C=CCO[C@@]12Oc3ccc(Oc4cccc(C=O)c4)cc3[C@H]3[C@H](CCCCO)[C@@H](CCCCO)C=C(C(=NOCc4ccccc4)C[C@@H]1N(Cc1ccc(F)cc1)C(=O)OCCCCCCCCCCCC)[C@H]32. The fourth-order valence-electron chi connectivity index (χ4n) is 11.2. The molecule has 0 radical (unpaired) electrons. The molecule has 1 fully saturated rings. The number of carbonyl (C=O) groups excluding carboxylic acids is 2. The van der Waals surface area contributed by atoms with Gasteiger partial charge in [0, 0.05) is 43.2 Å². The number of benzene rings is 4. The second-order valence-corrected chi connectivity index (χ2v) is 19.9. The Labute approximate surface area is 432 Å². The van der Waals surface area contributed by atoms with E-state index < -0.39 is 23.8 Å². The molecule has 0 spiro atoms. The van der Waals surface area contributed by atoms with Crippen molar-refractivity contribution in [2.45, 2.75) is 147 Å². The average Bonchev–Trinajstić information content (AvgIpc) is 3.41. The Balaban J connectivity index is 1.34. The number of aliphatic hydroxyl groups excluding tert-OH is 2. The molecule has 3 aliphatic rings. The normalized spacial score (nSPS) is 21.3. The van der Waals surface area contributed by atoms with Gasteiger partial charge < -0.3 is 34.0 Å². The molecule has 12 heteroatoms. The Morgan fingerprint density at radius 1 is 0.822 bits per heavy atom. The van der Waals surface area contributed by atoms with Crippen molar-refractivity contribution in [3.8, 4) is 17.2 Å². The quantitative estimate of drug-likeness (QED) is 0.0218. The van der Waals surface area contributed by atoms with Crippen LogP contribution in [0.3, 0.4) is 0 Å². The first-order chi connectivity index (χ1) is 35.8. The number of allylic oxidation sites excluding steroid dienone is 1. The van der Waals surface area contributed by atoms with Crippen molar-refractivity contribution in [2.75, 3.05) is 26.4 Å². The fourth-order valence-corrected chi connectivity index (χ4v) is 11.2. The second kappa shape index (κ2) is 28.6. The van der Waals surface area contributed by atoms with Crippen LogP contribution in [0.4, 0.5) is 9.18 Å². The summed E-state index contributed by atoms with van der Waals surface area (Å²) in [5, 5.41) is 25.1. The Bertz CT molecular complexity index is 2410. The zero-order chi connectivity index (χ0) is 51.3. The van der Waals surface area contributed by atoms with Crippen LogP contribution in [0.15, 0.2) is 127 Å². The van der Waals surface area contributed by atoms with E-state index in [1.165, 1.54) is 50.7 Å². The van der Waals surface area contributed by atoms with Crippen LogP contribution in [0, 0.1) is 23.6 Å². The molecule has 392 valence electrons. The number of fused-ring (bicyclic) bond motifs is 2. The Morgan fingerprint density at radius 2 is 1.53 bits per heavy atom.